The van der Waals surface area contributed by atoms with Crippen molar-refractivity contribution in [2.75, 3.05) is 0 Å². The molecular weight excluding hydrogens is 414 g/mol. The standard InChI is InChI=1S/C28H33NO2S/c1-27-13-12-19(30)14-18(27)8-9-20-21-10-11-22(28(21,2)15-24(31)25(20)27)23-16-32-26(29-23)17-6-4-3-5-7-17/h3-7,14,16,20-22,24-25,31H,8-13,15H2,1-2H3/t20-,21-,22+,24-,25+,27-,28-/m0/s1. The van der Waals surface area contributed by atoms with E-state index < -0.39 is 0 Å². The van der Waals surface area contributed by atoms with E-state index in [9.17, 15) is 9.90 Å². The lowest BCUT2D eigenvalue weighted by Gasteiger charge is -2.59. The lowest BCUT2D eigenvalue weighted by Crippen LogP contribution is -2.56. The molecule has 3 saturated carbocycles. The Labute approximate surface area is 195 Å². The van der Waals surface area contributed by atoms with E-state index in [1.807, 2.05) is 12.1 Å². The normalized spacial score (nSPS) is 40.9. The van der Waals surface area contributed by atoms with Crippen LogP contribution < -0.4 is 0 Å². The Bertz CT molecular complexity index is 1070. The number of benzene rings is 1. The van der Waals surface area contributed by atoms with Gasteiger partial charge in [-0.15, -0.1) is 11.3 Å². The minimum Gasteiger partial charge on any atom is -0.393 e. The minimum absolute atomic E-state index is 0.00320. The van der Waals surface area contributed by atoms with Crippen LogP contribution >= 0.6 is 11.3 Å². The Morgan fingerprint density at radius 1 is 1.09 bits per heavy atom. The van der Waals surface area contributed by atoms with Crippen LogP contribution in [0.1, 0.15) is 70.4 Å². The van der Waals surface area contributed by atoms with E-state index in [0.29, 0.717) is 30.1 Å². The molecule has 0 radical (unpaired) electrons. The van der Waals surface area contributed by atoms with Crippen LogP contribution in [0.2, 0.25) is 0 Å². The molecule has 3 nitrogen and oxygen atoms in total. The molecule has 0 saturated heterocycles. The second-order valence-corrected chi connectivity index (χ2v) is 12.1. The summed E-state index contributed by atoms with van der Waals surface area (Å²) >= 11 is 1.75. The molecule has 3 fully saturated rings. The van der Waals surface area contributed by atoms with E-state index in [1.165, 1.54) is 29.7 Å². The van der Waals surface area contributed by atoms with Crippen LogP contribution in [0.15, 0.2) is 47.4 Å². The SMILES string of the molecule is C[C@]12C[C@H](O)[C@H]3[C@@H](CCC4=CC(=O)CC[C@@]43C)[C@@H]1CC[C@@H]2c1csc(-c2ccccc2)n1. The number of aromatic nitrogens is 1. The van der Waals surface area contributed by atoms with Crippen LogP contribution in [0.3, 0.4) is 0 Å². The quantitative estimate of drug-likeness (QED) is 0.580. The Morgan fingerprint density at radius 3 is 2.72 bits per heavy atom. The summed E-state index contributed by atoms with van der Waals surface area (Å²) in [6.45, 7) is 4.78. The molecule has 1 heterocycles. The van der Waals surface area contributed by atoms with E-state index in [-0.39, 0.29) is 22.7 Å². The number of hydrogen-bond donors (Lipinski definition) is 1. The van der Waals surface area contributed by atoms with Gasteiger partial charge in [-0.2, -0.15) is 0 Å². The highest BCUT2D eigenvalue weighted by Gasteiger charge is 2.62. The van der Waals surface area contributed by atoms with Gasteiger partial charge in [-0.25, -0.2) is 4.98 Å². The lowest BCUT2D eigenvalue weighted by molar-refractivity contribution is -0.129. The molecule has 0 aliphatic heterocycles. The highest BCUT2D eigenvalue weighted by Crippen LogP contribution is 2.68. The first-order valence-electron chi connectivity index (χ1n) is 12.3. The summed E-state index contributed by atoms with van der Waals surface area (Å²) in [7, 11) is 0. The summed E-state index contributed by atoms with van der Waals surface area (Å²) < 4.78 is 0. The fourth-order valence-corrected chi connectivity index (χ4v) is 9.21. The first-order valence-corrected chi connectivity index (χ1v) is 13.2. The van der Waals surface area contributed by atoms with E-state index in [0.717, 1.165) is 30.7 Å². The van der Waals surface area contributed by atoms with Crippen molar-refractivity contribution in [1.82, 2.24) is 4.98 Å². The third-order valence-corrected chi connectivity index (χ3v) is 10.7. The van der Waals surface area contributed by atoms with Crippen LogP contribution in [0, 0.1) is 28.6 Å². The molecule has 1 N–H and O–H groups in total. The molecule has 7 atom stereocenters. The predicted molar refractivity (Wildman–Crippen MR) is 128 cm³/mol. The van der Waals surface area contributed by atoms with Crippen molar-refractivity contribution in [3.05, 3.63) is 53.1 Å². The zero-order chi connectivity index (χ0) is 22.1. The second kappa shape index (κ2) is 7.36. The van der Waals surface area contributed by atoms with Gasteiger partial charge in [0.05, 0.1) is 11.8 Å². The number of carbonyl (C=O) groups is 1. The predicted octanol–water partition coefficient (Wildman–Crippen LogP) is 6.40. The number of aliphatic hydroxyl groups excluding tert-OH is 1. The van der Waals surface area contributed by atoms with Crippen molar-refractivity contribution in [2.24, 2.45) is 28.6 Å². The van der Waals surface area contributed by atoms with Crippen LogP contribution in [-0.2, 0) is 4.79 Å². The number of rotatable bonds is 2. The molecule has 1 aromatic heterocycles. The monoisotopic (exact) mass is 447 g/mol. The van der Waals surface area contributed by atoms with Gasteiger partial charge in [-0.05, 0) is 73.2 Å². The molecule has 0 unspecified atom stereocenters. The fraction of sp³-hybridized carbons (Fsp3) is 0.571. The van der Waals surface area contributed by atoms with Gasteiger partial charge in [-0.1, -0.05) is 49.8 Å². The van der Waals surface area contributed by atoms with Gasteiger partial charge in [0.15, 0.2) is 5.78 Å². The first kappa shape index (κ1) is 20.8. The maximum atomic E-state index is 12.1. The van der Waals surface area contributed by atoms with E-state index >= 15 is 0 Å². The summed E-state index contributed by atoms with van der Waals surface area (Å²) in [4.78, 5) is 17.2. The maximum Gasteiger partial charge on any atom is 0.155 e. The number of ketones is 1. The second-order valence-electron chi connectivity index (χ2n) is 11.2. The van der Waals surface area contributed by atoms with Gasteiger partial charge in [0, 0.05) is 23.3 Å². The van der Waals surface area contributed by atoms with Gasteiger partial charge in [0.25, 0.3) is 0 Å². The first-order chi connectivity index (χ1) is 15.4. The molecule has 6 rings (SSSR count). The number of nitrogens with zero attached hydrogens (tertiary/aromatic N) is 1. The van der Waals surface area contributed by atoms with Crippen molar-refractivity contribution >= 4 is 17.1 Å². The number of carbonyl (C=O) groups excluding carboxylic acids is 1. The molecule has 0 spiro atoms. The number of allylic oxidation sites excluding steroid dienone is 1. The zero-order valence-electron chi connectivity index (χ0n) is 19.1. The number of thiazole rings is 1. The van der Waals surface area contributed by atoms with Gasteiger partial charge in [0.2, 0.25) is 0 Å². The topological polar surface area (TPSA) is 50.2 Å². The molecule has 4 aliphatic rings. The molecule has 0 amide bonds. The molecule has 32 heavy (non-hydrogen) atoms. The fourth-order valence-electron chi connectivity index (χ4n) is 8.33. The van der Waals surface area contributed by atoms with Gasteiger partial charge < -0.3 is 5.11 Å². The molecule has 0 bridgehead atoms. The number of hydrogen-bond acceptors (Lipinski definition) is 4. The van der Waals surface area contributed by atoms with Gasteiger partial charge in [-0.3, -0.25) is 4.79 Å². The summed E-state index contributed by atoms with van der Waals surface area (Å²) in [5, 5.41) is 15.0. The Morgan fingerprint density at radius 2 is 1.91 bits per heavy atom. The summed E-state index contributed by atoms with van der Waals surface area (Å²) in [5.41, 5.74) is 3.84. The smallest absolute Gasteiger partial charge is 0.155 e. The largest absolute Gasteiger partial charge is 0.393 e. The molecule has 1 aromatic carbocycles. The van der Waals surface area contributed by atoms with Crippen molar-refractivity contribution < 1.29 is 9.90 Å². The lowest BCUT2D eigenvalue weighted by atomic mass is 9.46. The average Bonchev–Trinajstić information content (AvgIpc) is 3.38. The molecule has 4 heteroatoms. The third-order valence-electron chi connectivity index (χ3n) is 9.79. The van der Waals surface area contributed by atoms with Crippen LogP contribution in [-0.4, -0.2) is 22.0 Å². The van der Waals surface area contributed by atoms with Gasteiger partial charge in [0.1, 0.15) is 5.01 Å². The van der Waals surface area contributed by atoms with Crippen LogP contribution in [0.5, 0.6) is 0 Å². The maximum absolute atomic E-state index is 12.1. The van der Waals surface area contributed by atoms with Crippen molar-refractivity contribution in [1.29, 1.82) is 0 Å². The molecule has 2 aromatic rings. The van der Waals surface area contributed by atoms with Crippen molar-refractivity contribution in [3.8, 4) is 10.6 Å². The summed E-state index contributed by atoms with van der Waals surface area (Å²) in [6.07, 6.45) is 8.61. The molecule has 168 valence electrons. The van der Waals surface area contributed by atoms with Gasteiger partial charge >= 0.3 is 0 Å². The number of fused-ring (bicyclic) bond motifs is 5. The van der Waals surface area contributed by atoms with E-state index in [4.69, 9.17) is 4.98 Å². The zero-order valence-corrected chi connectivity index (χ0v) is 19.9. The van der Waals surface area contributed by atoms with Crippen molar-refractivity contribution in [3.63, 3.8) is 0 Å². The minimum atomic E-state index is -0.295. The Balaban J connectivity index is 1.32. The third kappa shape index (κ3) is 2.95. The van der Waals surface area contributed by atoms with Crippen LogP contribution in [0.25, 0.3) is 10.6 Å². The van der Waals surface area contributed by atoms with Crippen LogP contribution in [0.4, 0.5) is 0 Å². The summed E-state index contributed by atoms with van der Waals surface area (Å²) in [6, 6.07) is 10.5. The summed E-state index contributed by atoms with van der Waals surface area (Å²) in [5.74, 6) is 2.19. The van der Waals surface area contributed by atoms with E-state index in [1.54, 1.807) is 11.3 Å². The highest BCUT2D eigenvalue weighted by atomic mass is 32.1. The highest BCUT2D eigenvalue weighted by molar-refractivity contribution is 7.13. The number of aliphatic hydroxyl groups is 1. The van der Waals surface area contributed by atoms with E-state index in [2.05, 4.69) is 43.5 Å². The Kier molecular flexibility index (Phi) is 4.79. The average molecular weight is 448 g/mol. The molecule has 4 aliphatic carbocycles. The molecular formula is C28H33NO2S. The van der Waals surface area contributed by atoms with Crippen molar-refractivity contribution in [2.45, 2.75) is 70.8 Å². The Hall–Kier alpha value is -1.78.